The summed E-state index contributed by atoms with van der Waals surface area (Å²) in [5.74, 6) is 1.96. The first-order valence-electron chi connectivity index (χ1n) is 6.20. The molecular formula is C13H21N3O. The Hall–Kier alpha value is -1.29. The van der Waals surface area contributed by atoms with Crippen LogP contribution in [0.15, 0.2) is 18.2 Å². The number of morpholine rings is 1. The first kappa shape index (κ1) is 12.2. The molecule has 0 saturated carbocycles. The number of nitrogens with zero attached hydrogens (tertiary/aromatic N) is 2. The molecule has 0 aliphatic carbocycles. The van der Waals surface area contributed by atoms with Crippen molar-refractivity contribution in [1.82, 2.24) is 4.98 Å². The molecule has 1 aromatic heterocycles. The van der Waals surface area contributed by atoms with E-state index in [1.165, 1.54) is 0 Å². The van der Waals surface area contributed by atoms with Crippen LogP contribution in [0.3, 0.4) is 0 Å². The molecular weight excluding hydrogens is 214 g/mol. The molecule has 4 heteroatoms. The fraction of sp³-hybridized carbons (Fsp3) is 0.615. The van der Waals surface area contributed by atoms with Crippen LogP contribution in [-0.2, 0) is 4.74 Å². The third kappa shape index (κ3) is 2.69. The molecule has 0 unspecified atom stereocenters. The van der Waals surface area contributed by atoms with E-state index in [1.807, 2.05) is 12.1 Å². The molecule has 1 aliphatic rings. The number of rotatable bonds is 3. The zero-order valence-electron chi connectivity index (χ0n) is 10.9. The van der Waals surface area contributed by atoms with Gasteiger partial charge in [0.15, 0.2) is 0 Å². The molecule has 0 spiro atoms. The quantitative estimate of drug-likeness (QED) is 0.871. The SMILES string of the molecule is CCNc1cccc(N2CCOCC2(C)C)n1. The summed E-state index contributed by atoms with van der Waals surface area (Å²) in [6.45, 7) is 9.77. The van der Waals surface area contributed by atoms with Crippen LogP contribution in [-0.4, -0.2) is 36.8 Å². The Balaban J connectivity index is 2.23. The maximum absolute atomic E-state index is 5.53. The summed E-state index contributed by atoms with van der Waals surface area (Å²) >= 11 is 0. The van der Waals surface area contributed by atoms with Crippen LogP contribution >= 0.6 is 0 Å². The van der Waals surface area contributed by atoms with Crippen molar-refractivity contribution in [2.75, 3.05) is 36.5 Å². The van der Waals surface area contributed by atoms with Gasteiger partial charge >= 0.3 is 0 Å². The van der Waals surface area contributed by atoms with Gasteiger partial charge in [-0.2, -0.15) is 0 Å². The van der Waals surface area contributed by atoms with Crippen LogP contribution in [0.5, 0.6) is 0 Å². The molecule has 0 aromatic carbocycles. The normalized spacial score (nSPS) is 19.1. The monoisotopic (exact) mass is 235 g/mol. The fourth-order valence-electron chi connectivity index (χ4n) is 2.14. The molecule has 94 valence electrons. The van der Waals surface area contributed by atoms with Gasteiger partial charge in [0, 0.05) is 13.1 Å². The lowest BCUT2D eigenvalue weighted by Crippen LogP contribution is -2.53. The van der Waals surface area contributed by atoms with E-state index in [-0.39, 0.29) is 5.54 Å². The van der Waals surface area contributed by atoms with Crippen molar-refractivity contribution in [3.05, 3.63) is 18.2 Å². The summed E-state index contributed by atoms with van der Waals surface area (Å²) < 4.78 is 5.53. The molecule has 4 nitrogen and oxygen atoms in total. The lowest BCUT2D eigenvalue weighted by molar-refractivity contribution is 0.0639. The van der Waals surface area contributed by atoms with Crippen LogP contribution in [0.2, 0.25) is 0 Å². The number of nitrogens with one attached hydrogen (secondary N) is 1. The predicted molar refractivity (Wildman–Crippen MR) is 70.6 cm³/mol. The Labute approximate surface area is 103 Å². The van der Waals surface area contributed by atoms with Crippen molar-refractivity contribution in [2.45, 2.75) is 26.3 Å². The lowest BCUT2D eigenvalue weighted by atomic mass is 10.0. The zero-order valence-corrected chi connectivity index (χ0v) is 10.9. The third-order valence-corrected chi connectivity index (χ3v) is 3.01. The van der Waals surface area contributed by atoms with Crippen molar-refractivity contribution >= 4 is 11.6 Å². The van der Waals surface area contributed by atoms with E-state index in [0.29, 0.717) is 0 Å². The number of anilines is 2. The summed E-state index contributed by atoms with van der Waals surface area (Å²) in [6.07, 6.45) is 0. The Morgan fingerprint density at radius 1 is 1.47 bits per heavy atom. The third-order valence-electron chi connectivity index (χ3n) is 3.01. The molecule has 2 rings (SSSR count). The smallest absolute Gasteiger partial charge is 0.131 e. The molecule has 1 N–H and O–H groups in total. The van der Waals surface area contributed by atoms with Crippen molar-refractivity contribution in [3.63, 3.8) is 0 Å². The molecule has 0 radical (unpaired) electrons. The summed E-state index contributed by atoms with van der Waals surface area (Å²) in [4.78, 5) is 6.96. The molecule has 1 fully saturated rings. The van der Waals surface area contributed by atoms with E-state index < -0.39 is 0 Å². The van der Waals surface area contributed by atoms with E-state index in [4.69, 9.17) is 4.74 Å². The molecule has 2 heterocycles. The van der Waals surface area contributed by atoms with Gasteiger partial charge in [-0.05, 0) is 32.9 Å². The van der Waals surface area contributed by atoms with Crippen molar-refractivity contribution < 1.29 is 4.74 Å². The Bertz CT molecular complexity index is 379. The van der Waals surface area contributed by atoms with Gasteiger partial charge < -0.3 is 15.0 Å². The van der Waals surface area contributed by atoms with Crippen LogP contribution in [0.1, 0.15) is 20.8 Å². The zero-order chi connectivity index (χ0) is 12.3. The topological polar surface area (TPSA) is 37.4 Å². The van der Waals surface area contributed by atoms with Crippen LogP contribution in [0, 0.1) is 0 Å². The van der Waals surface area contributed by atoms with E-state index >= 15 is 0 Å². The van der Waals surface area contributed by atoms with Gasteiger partial charge in [0.25, 0.3) is 0 Å². The van der Waals surface area contributed by atoms with Crippen LogP contribution < -0.4 is 10.2 Å². The number of aromatic nitrogens is 1. The Kier molecular flexibility index (Phi) is 3.52. The summed E-state index contributed by atoms with van der Waals surface area (Å²) in [6, 6.07) is 6.11. The number of hydrogen-bond acceptors (Lipinski definition) is 4. The van der Waals surface area contributed by atoms with E-state index in [0.717, 1.165) is 37.9 Å². The van der Waals surface area contributed by atoms with Gasteiger partial charge in [0.1, 0.15) is 11.6 Å². The average molecular weight is 235 g/mol. The van der Waals surface area contributed by atoms with E-state index in [9.17, 15) is 0 Å². The second kappa shape index (κ2) is 4.92. The maximum Gasteiger partial charge on any atom is 0.131 e. The molecule has 0 bridgehead atoms. The van der Waals surface area contributed by atoms with Gasteiger partial charge in [0.05, 0.1) is 18.8 Å². The highest BCUT2D eigenvalue weighted by Crippen LogP contribution is 2.26. The highest BCUT2D eigenvalue weighted by atomic mass is 16.5. The molecule has 17 heavy (non-hydrogen) atoms. The number of pyridine rings is 1. The minimum atomic E-state index is 0.0100. The van der Waals surface area contributed by atoms with Crippen molar-refractivity contribution in [1.29, 1.82) is 0 Å². The summed E-state index contributed by atoms with van der Waals surface area (Å²) in [5.41, 5.74) is 0.0100. The standard InChI is InChI=1S/C13H21N3O/c1-4-14-11-6-5-7-12(15-11)16-8-9-17-10-13(16,2)3/h5-7H,4,8-10H2,1-3H3,(H,14,15). The van der Waals surface area contributed by atoms with Crippen LogP contribution in [0.25, 0.3) is 0 Å². The second-order valence-corrected chi connectivity index (χ2v) is 4.93. The van der Waals surface area contributed by atoms with Gasteiger partial charge in [-0.3, -0.25) is 0 Å². The first-order chi connectivity index (χ1) is 8.13. The summed E-state index contributed by atoms with van der Waals surface area (Å²) in [7, 11) is 0. The number of hydrogen-bond donors (Lipinski definition) is 1. The summed E-state index contributed by atoms with van der Waals surface area (Å²) in [5, 5.41) is 3.25. The number of ether oxygens (including phenoxy) is 1. The molecule has 0 atom stereocenters. The first-order valence-corrected chi connectivity index (χ1v) is 6.20. The Morgan fingerprint density at radius 2 is 2.29 bits per heavy atom. The van der Waals surface area contributed by atoms with E-state index in [2.05, 4.69) is 42.0 Å². The van der Waals surface area contributed by atoms with E-state index in [1.54, 1.807) is 0 Å². The highest BCUT2D eigenvalue weighted by molar-refractivity contribution is 5.49. The fourth-order valence-corrected chi connectivity index (χ4v) is 2.14. The molecule has 1 saturated heterocycles. The van der Waals surface area contributed by atoms with Gasteiger partial charge in [0.2, 0.25) is 0 Å². The van der Waals surface area contributed by atoms with Crippen molar-refractivity contribution in [3.8, 4) is 0 Å². The highest BCUT2D eigenvalue weighted by Gasteiger charge is 2.31. The van der Waals surface area contributed by atoms with Gasteiger partial charge in [-0.15, -0.1) is 0 Å². The predicted octanol–water partition coefficient (Wildman–Crippen LogP) is 2.13. The lowest BCUT2D eigenvalue weighted by Gasteiger charge is -2.43. The molecule has 1 aromatic rings. The molecule has 1 aliphatic heterocycles. The average Bonchev–Trinajstić information content (AvgIpc) is 2.29. The van der Waals surface area contributed by atoms with Crippen LogP contribution in [0.4, 0.5) is 11.6 Å². The van der Waals surface area contributed by atoms with Gasteiger partial charge in [-0.1, -0.05) is 6.07 Å². The molecule has 0 amide bonds. The minimum absolute atomic E-state index is 0.0100. The minimum Gasteiger partial charge on any atom is -0.377 e. The Morgan fingerprint density at radius 3 is 3.00 bits per heavy atom. The largest absolute Gasteiger partial charge is 0.377 e. The second-order valence-electron chi connectivity index (χ2n) is 4.93. The van der Waals surface area contributed by atoms with Gasteiger partial charge in [-0.25, -0.2) is 4.98 Å². The maximum atomic E-state index is 5.53. The van der Waals surface area contributed by atoms with Crippen molar-refractivity contribution in [2.24, 2.45) is 0 Å².